The van der Waals surface area contributed by atoms with Gasteiger partial charge < -0.3 is 14.1 Å². The van der Waals surface area contributed by atoms with Crippen LogP contribution in [0.3, 0.4) is 0 Å². The van der Waals surface area contributed by atoms with Gasteiger partial charge in [-0.3, -0.25) is 9.69 Å². The number of ether oxygens (including phenoxy) is 1. The van der Waals surface area contributed by atoms with Crippen LogP contribution in [0.4, 0.5) is 5.69 Å². The van der Waals surface area contributed by atoms with Crippen LogP contribution in [0, 0.1) is 0 Å². The molecular formula is C20H24N2O4. The lowest BCUT2D eigenvalue weighted by Gasteiger charge is -2.38. The predicted molar refractivity (Wildman–Crippen MR) is 98.7 cm³/mol. The summed E-state index contributed by atoms with van der Waals surface area (Å²) < 4.78 is 10.3. The topological polar surface area (TPSA) is 63.0 Å². The Morgan fingerprint density at radius 2 is 1.69 bits per heavy atom. The smallest absolute Gasteiger partial charge is 0.373 e. The Bertz CT molecular complexity index is 773. The molecule has 138 valence electrons. The Kier molecular flexibility index (Phi) is 5.42. The van der Waals surface area contributed by atoms with Gasteiger partial charge >= 0.3 is 5.97 Å². The second-order valence-electron chi connectivity index (χ2n) is 6.50. The monoisotopic (exact) mass is 356 g/mol. The van der Waals surface area contributed by atoms with Gasteiger partial charge in [0.1, 0.15) is 5.76 Å². The van der Waals surface area contributed by atoms with Gasteiger partial charge in [0, 0.05) is 37.4 Å². The van der Waals surface area contributed by atoms with Crippen molar-refractivity contribution in [3.63, 3.8) is 0 Å². The Morgan fingerprint density at radius 3 is 2.27 bits per heavy atom. The van der Waals surface area contributed by atoms with E-state index < -0.39 is 5.97 Å². The molecule has 0 N–H and O–H groups in total. The molecule has 3 rings (SSSR count). The Morgan fingerprint density at radius 1 is 1.04 bits per heavy atom. The minimum atomic E-state index is -0.456. The van der Waals surface area contributed by atoms with Crippen LogP contribution in [0.15, 0.2) is 40.8 Å². The van der Waals surface area contributed by atoms with Crippen molar-refractivity contribution in [1.29, 1.82) is 0 Å². The normalized spacial score (nSPS) is 16.3. The largest absolute Gasteiger partial charge is 0.463 e. The van der Waals surface area contributed by atoms with Gasteiger partial charge in [-0.15, -0.1) is 0 Å². The number of methoxy groups -OCH3 is 1. The number of carbonyl (C=O) groups is 2. The van der Waals surface area contributed by atoms with Crippen molar-refractivity contribution in [3.8, 4) is 0 Å². The molecule has 0 saturated carbocycles. The summed E-state index contributed by atoms with van der Waals surface area (Å²) in [4.78, 5) is 27.6. The van der Waals surface area contributed by atoms with E-state index in [0.717, 1.165) is 43.2 Å². The van der Waals surface area contributed by atoms with E-state index >= 15 is 0 Å². The molecule has 1 atom stereocenters. The standard InChI is InChI=1S/C20H24N2O4/c1-14(18-8-9-19(26-18)20(24)25-3)21-10-12-22(13-11-21)17-6-4-16(5-7-17)15(2)23/h4-9,14H,10-13H2,1-3H3/t14-/m0/s1. The molecule has 2 aromatic rings. The summed E-state index contributed by atoms with van der Waals surface area (Å²) in [6.45, 7) is 7.24. The third-order valence-electron chi connectivity index (χ3n) is 4.93. The van der Waals surface area contributed by atoms with Crippen LogP contribution in [0.2, 0.25) is 0 Å². The number of nitrogens with zero attached hydrogens (tertiary/aromatic N) is 2. The van der Waals surface area contributed by atoms with Crippen LogP contribution in [0.1, 0.15) is 46.6 Å². The lowest BCUT2D eigenvalue weighted by atomic mass is 10.1. The number of benzene rings is 1. The number of furan rings is 1. The highest BCUT2D eigenvalue weighted by atomic mass is 16.5. The van der Waals surface area contributed by atoms with Crippen molar-refractivity contribution in [2.45, 2.75) is 19.9 Å². The van der Waals surface area contributed by atoms with Crippen LogP contribution in [-0.4, -0.2) is 49.9 Å². The second kappa shape index (κ2) is 7.74. The number of hydrogen-bond acceptors (Lipinski definition) is 6. The summed E-state index contributed by atoms with van der Waals surface area (Å²) in [6.07, 6.45) is 0. The van der Waals surface area contributed by atoms with E-state index in [1.807, 2.05) is 30.3 Å². The summed E-state index contributed by atoms with van der Waals surface area (Å²) in [5, 5.41) is 0. The first kappa shape index (κ1) is 18.2. The van der Waals surface area contributed by atoms with Crippen molar-refractivity contribution < 1.29 is 18.7 Å². The van der Waals surface area contributed by atoms with Crippen molar-refractivity contribution >= 4 is 17.4 Å². The molecule has 1 aliphatic rings. The first-order chi connectivity index (χ1) is 12.5. The summed E-state index contributed by atoms with van der Waals surface area (Å²) >= 11 is 0. The highest BCUT2D eigenvalue weighted by Gasteiger charge is 2.25. The fraction of sp³-hybridized carbons (Fsp3) is 0.400. The first-order valence-electron chi connectivity index (χ1n) is 8.77. The fourth-order valence-electron chi connectivity index (χ4n) is 3.24. The van der Waals surface area contributed by atoms with Gasteiger partial charge in [-0.05, 0) is 50.2 Å². The van der Waals surface area contributed by atoms with E-state index in [9.17, 15) is 9.59 Å². The molecule has 0 unspecified atom stereocenters. The number of ketones is 1. The molecule has 1 aliphatic heterocycles. The maximum atomic E-state index is 11.5. The molecule has 1 saturated heterocycles. The maximum Gasteiger partial charge on any atom is 0.373 e. The van der Waals surface area contributed by atoms with Gasteiger partial charge in [-0.1, -0.05) is 0 Å². The van der Waals surface area contributed by atoms with Gasteiger partial charge in [0.25, 0.3) is 0 Å². The van der Waals surface area contributed by atoms with E-state index in [2.05, 4.69) is 21.5 Å². The van der Waals surface area contributed by atoms with Crippen molar-refractivity contribution in [3.05, 3.63) is 53.5 Å². The fourth-order valence-corrected chi connectivity index (χ4v) is 3.24. The lowest BCUT2D eigenvalue weighted by molar-refractivity contribution is 0.0558. The van der Waals surface area contributed by atoms with E-state index in [-0.39, 0.29) is 17.6 Å². The number of Topliss-reactive ketones (excluding diaryl/α,β-unsaturated/α-hetero) is 1. The highest BCUT2D eigenvalue weighted by molar-refractivity contribution is 5.94. The van der Waals surface area contributed by atoms with Crippen molar-refractivity contribution in [1.82, 2.24) is 4.90 Å². The average Bonchev–Trinajstić information content (AvgIpc) is 3.17. The molecule has 1 aromatic heterocycles. The number of anilines is 1. The van der Waals surface area contributed by atoms with Gasteiger partial charge in [0.05, 0.1) is 13.2 Å². The molecule has 0 aliphatic carbocycles. The Hall–Kier alpha value is -2.60. The summed E-state index contributed by atoms with van der Waals surface area (Å²) in [6, 6.07) is 11.4. The van der Waals surface area contributed by atoms with Crippen LogP contribution in [-0.2, 0) is 4.74 Å². The molecule has 1 fully saturated rings. The zero-order chi connectivity index (χ0) is 18.7. The van der Waals surface area contributed by atoms with E-state index in [1.165, 1.54) is 7.11 Å². The van der Waals surface area contributed by atoms with Crippen molar-refractivity contribution in [2.75, 3.05) is 38.2 Å². The zero-order valence-electron chi connectivity index (χ0n) is 15.4. The summed E-state index contributed by atoms with van der Waals surface area (Å²) in [7, 11) is 1.34. The zero-order valence-corrected chi connectivity index (χ0v) is 15.4. The van der Waals surface area contributed by atoms with Gasteiger partial charge in [-0.25, -0.2) is 4.79 Å². The van der Waals surface area contributed by atoms with Gasteiger partial charge in [0.15, 0.2) is 5.78 Å². The molecule has 0 spiro atoms. The molecule has 1 aromatic carbocycles. The van der Waals surface area contributed by atoms with Crippen molar-refractivity contribution in [2.24, 2.45) is 0 Å². The SMILES string of the molecule is COC(=O)c1ccc([C@H](C)N2CCN(c3ccc(C(C)=O)cc3)CC2)o1. The highest BCUT2D eigenvalue weighted by Crippen LogP contribution is 2.25. The first-order valence-corrected chi connectivity index (χ1v) is 8.77. The van der Waals surface area contributed by atoms with E-state index in [0.29, 0.717) is 0 Å². The number of esters is 1. The van der Waals surface area contributed by atoms with Crippen LogP contribution < -0.4 is 4.90 Å². The van der Waals surface area contributed by atoms with Crippen LogP contribution >= 0.6 is 0 Å². The minimum Gasteiger partial charge on any atom is -0.463 e. The third kappa shape index (κ3) is 3.80. The molecule has 0 bridgehead atoms. The molecule has 0 amide bonds. The quantitative estimate of drug-likeness (QED) is 0.606. The molecule has 6 heteroatoms. The maximum absolute atomic E-state index is 11.5. The van der Waals surface area contributed by atoms with E-state index in [4.69, 9.17) is 4.42 Å². The van der Waals surface area contributed by atoms with E-state index in [1.54, 1.807) is 13.0 Å². The van der Waals surface area contributed by atoms with Crippen LogP contribution in [0.5, 0.6) is 0 Å². The number of hydrogen-bond donors (Lipinski definition) is 0. The molecule has 26 heavy (non-hydrogen) atoms. The summed E-state index contributed by atoms with van der Waals surface area (Å²) in [5.41, 5.74) is 1.87. The second-order valence-corrected chi connectivity index (χ2v) is 6.50. The Labute approximate surface area is 153 Å². The van der Waals surface area contributed by atoms with Crippen LogP contribution in [0.25, 0.3) is 0 Å². The number of rotatable bonds is 5. The third-order valence-corrected chi connectivity index (χ3v) is 4.93. The molecule has 6 nitrogen and oxygen atoms in total. The Balaban J connectivity index is 1.60. The molecular weight excluding hydrogens is 332 g/mol. The average molecular weight is 356 g/mol. The molecule has 0 radical (unpaired) electrons. The number of carbonyl (C=O) groups excluding carboxylic acids is 2. The van der Waals surface area contributed by atoms with Gasteiger partial charge in [0.2, 0.25) is 5.76 Å². The van der Waals surface area contributed by atoms with Gasteiger partial charge in [-0.2, -0.15) is 0 Å². The minimum absolute atomic E-state index is 0.0833. The lowest BCUT2D eigenvalue weighted by Crippen LogP contribution is -2.47. The number of piperazine rings is 1. The molecule has 2 heterocycles. The predicted octanol–water partition coefficient (Wildman–Crippen LogP) is 3.15. The summed E-state index contributed by atoms with van der Waals surface area (Å²) in [5.74, 6) is 0.630.